The molecule has 0 saturated heterocycles. The number of nitrogens with zero attached hydrogens (tertiary/aromatic N) is 2. The number of aryl methyl sites for hydroxylation is 1. The molecule has 2 aromatic rings. The van der Waals surface area contributed by atoms with Crippen molar-refractivity contribution < 1.29 is 18.4 Å². The van der Waals surface area contributed by atoms with Crippen molar-refractivity contribution in [2.75, 3.05) is 5.32 Å². The van der Waals surface area contributed by atoms with Crippen molar-refractivity contribution >= 4 is 29.2 Å². The van der Waals surface area contributed by atoms with Crippen LogP contribution in [0.4, 0.5) is 14.6 Å². The molecule has 0 aliphatic heterocycles. The van der Waals surface area contributed by atoms with Crippen molar-refractivity contribution in [2.24, 2.45) is 12.8 Å². The average Bonchev–Trinajstić information content (AvgIpc) is 2.77. The van der Waals surface area contributed by atoms with E-state index >= 15 is 0 Å². The minimum Gasteiger partial charge on any atom is -0.365 e. The van der Waals surface area contributed by atoms with Gasteiger partial charge in [-0.05, 0) is 12.1 Å². The van der Waals surface area contributed by atoms with Gasteiger partial charge >= 0.3 is 0 Å². The van der Waals surface area contributed by atoms with E-state index < -0.39 is 34.0 Å². The van der Waals surface area contributed by atoms with Gasteiger partial charge in [0.2, 0.25) is 0 Å². The molecule has 1 aromatic carbocycles. The first kappa shape index (κ1) is 14.9. The van der Waals surface area contributed by atoms with Crippen molar-refractivity contribution in [3.8, 4) is 0 Å². The van der Waals surface area contributed by atoms with E-state index in [0.717, 1.165) is 12.1 Å². The van der Waals surface area contributed by atoms with Crippen molar-refractivity contribution in [1.29, 1.82) is 0 Å². The first-order valence-corrected chi connectivity index (χ1v) is 5.97. The molecule has 0 atom stereocenters. The van der Waals surface area contributed by atoms with Crippen LogP contribution in [0.15, 0.2) is 18.3 Å². The third-order valence-corrected chi connectivity index (χ3v) is 2.95. The number of amides is 2. The molecule has 3 N–H and O–H groups in total. The van der Waals surface area contributed by atoms with Crippen molar-refractivity contribution in [3.63, 3.8) is 0 Å². The molecule has 0 bridgehead atoms. The van der Waals surface area contributed by atoms with Gasteiger partial charge in [0.05, 0.1) is 5.56 Å². The highest BCUT2D eigenvalue weighted by Gasteiger charge is 2.21. The van der Waals surface area contributed by atoms with Crippen LogP contribution in [0.3, 0.4) is 0 Å². The lowest BCUT2D eigenvalue weighted by atomic mass is 10.2. The van der Waals surface area contributed by atoms with Gasteiger partial charge in [0.25, 0.3) is 11.8 Å². The second-order valence-corrected chi connectivity index (χ2v) is 4.48. The monoisotopic (exact) mass is 314 g/mol. The van der Waals surface area contributed by atoms with E-state index in [9.17, 15) is 18.4 Å². The van der Waals surface area contributed by atoms with Gasteiger partial charge in [0.1, 0.15) is 16.4 Å². The highest BCUT2D eigenvalue weighted by Crippen LogP contribution is 2.23. The predicted octanol–water partition coefficient (Wildman–Crippen LogP) is 1.70. The topological polar surface area (TPSA) is 90.0 Å². The Morgan fingerprint density at radius 2 is 2.00 bits per heavy atom. The van der Waals surface area contributed by atoms with Crippen LogP contribution in [0.5, 0.6) is 0 Å². The fourth-order valence-corrected chi connectivity index (χ4v) is 1.80. The Morgan fingerprint density at radius 3 is 2.62 bits per heavy atom. The predicted molar refractivity (Wildman–Crippen MR) is 71.0 cm³/mol. The third kappa shape index (κ3) is 2.84. The van der Waals surface area contributed by atoms with E-state index in [1.54, 1.807) is 0 Å². The highest BCUT2D eigenvalue weighted by molar-refractivity contribution is 6.31. The lowest BCUT2D eigenvalue weighted by Gasteiger charge is -2.06. The van der Waals surface area contributed by atoms with Crippen LogP contribution in [-0.4, -0.2) is 21.6 Å². The number of carbonyl (C=O) groups is 2. The summed E-state index contributed by atoms with van der Waals surface area (Å²) in [5.41, 5.74) is 4.60. The molecule has 2 amide bonds. The quantitative estimate of drug-likeness (QED) is 0.845. The van der Waals surface area contributed by atoms with Gasteiger partial charge in [-0.25, -0.2) is 8.78 Å². The molecule has 0 fully saturated rings. The summed E-state index contributed by atoms with van der Waals surface area (Å²) in [6, 6.07) is 1.78. The summed E-state index contributed by atoms with van der Waals surface area (Å²) in [4.78, 5) is 23.1. The number of hydrogen-bond acceptors (Lipinski definition) is 3. The van der Waals surface area contributed by atoms with Gasteiger partial charge in [-0.2, -0.15) is 5.10 Å². The molecule has 2 rings (SSSR count). The van der Waals surface area contributed by atoms with Crippen LogP contribution in [0.2, 0.25) is 5.02 Å². The van der Waals surface area contributed by atoms with Crippen LogP contribution in [0.1, 0.15) is 20.7 Å². The molecule has 6 nitrogen and oxygen atoms in total. The number of hydrogen-bond donors (Lipinski definition) is 2. The van der Waals surface area contributed by atoms with Gasteiger partial charge in [-0.3, -0.25) is 14.3 Å². The smallest absolute Gasteiger partial charge is 0.259 e. The summed E-state index contributed by atoms with van der Waals surface area (Å²) in [7, 11) is 1.51. The molecule has 110 valence electrons. The number of primary amides is 1. The molecule has 1 heterocycles. The second kappa shape index (κ2) is 5.49. The van der Waals surface area contributed by atoms with Gasteiger partial charge in [0, 0.05) is 13.2 Å². The van der Waals surface area contributed by atoms with Gasteiger partial charge in [0.15, 0.2) is 11.6 Å². The zero-order chi connectivity index (χ0) is 15.7. The zero-order valence-electron chi connectivity index (χ0n) is 10.7. The lowest BCUT2D eigenvalue weighted by molar-refractivity contribution is 0.100. The number of aromatic nitrogens is 2. The maximum atomic E-state index is 13.7. The van der Waals surface area contributed by atoms with E-state index in [0.29, 0.717) is 0 Å². The standard InChI is InChI=1S/C12H9ClF2N4O2/c1-19-4-6(10(16)20)11(18-19)17-12(21)5-2-3-7(14)8(13)9(5)15/h2-4H,1H3,(H2,16,20)(H,17,18,21). The summed E-state index contributed by atoms with van der Waals surface area (Å²) in [6.07, 6.45) is 1.30. The average molecular weight is 315 g/mol. The summed E-state index contributed by atoms with van der Waals surface area (Å²) < 4.78 is 28.0. The molecular formula is C12H9ClF2N4O2. The van der Waals surface area contributed by atoms with E-state index in [4.69, 9.17) is 17.3 Å². The Balaban J connectivity index is 2.35. The molecular weight excluding hydrogens is 306 g/mol. The van der Waals surface area contributed by atoms with Crippen LogP contribution < -0.4 is 11.1 Å². The second-order valence-electron chi connectivity index (χ2n) is 4.11. The van der Waals surface area contributed by atoms with Crippen LogP contribution >= 0.6 is 11.6 Å². The number of benzene rings is 1. The summed E-state index contributed by atoms with van der Waals surface area (Å²) in [5, 5.41) is 5.25. The van der Waals surface area contributed by atoms with Gasteiger partial charge in [-0.15, -0.1) is 0 Å². The normalized spacial score (nSPS) is 10.5. The number of anilines is 1. The largest absolute Gasteiger partial charge is 0.365 e. The van der Waals surface area contributed by atoms with Crippen LogP contribution in [0.25, 0.3) is 0 Å². The van der Waals surface area contributed by atoms with E-state index in [1.807, 2.05) is 0 Å². The van der Waals surface area contributed by atoms with Crippen LogP contribution in [0, 0.1) is 11.6 Å². The fourth-order valence-electron chi connectivity index (χ4n) is 1.64. The number of nitrogens with one attached hydrogen (secondary N) is 1. The molecule has 0 saturated carbocycles. The first-order valence-electron chi connectivity index (χ1n) is 5.59. The Bertz CT molecular complexity index is 745. The van der Waals surface area contributed by atoms with E-state index in [1.165, 1.54) is 17.9 Å². The van der Waals surface area contributed by atoms with E-state index in [2.05, 4.69) is 10.4 Å². The van der Waals surface area contributed by atoms with Crippen molar-refractivity contribution in [1.82, 2.24) is 9.78 Å². The minimum atomic E-state index is -1.20. The Labute approximate surface area is 122 Å². The van der Waals surface area contributed by atoms with E-state index in [-0.39, 0.29) is 11.4 Å². The minimum absolute atomic E-state index is 0.0422. The highest BCUT2D eigenvalue weighted by atomic mass is 35.5. The Hall–Kier alpha value is -2.48. The molecule has 0 aliphatic rings. The first-order chi connectivity index (χ1) is 9.81. The molecule has 0 unspecified atom stereocenters. The van der Waals surface area contributed by atoms with Gasteiger partial charge < -0.3 is 11.1 Å². The molecule has 0 radical (unpaired) electrons. The maximum Gasteiger partial charge on any atom is 0.259 e. The third-order valence-electron chi connectivity index (χ3n) is 2.61. The maximum absolute atomic E-state index is 13.7. The fraction of sp³-hybridized carbons (Fsp3) is 0.0833. The SMILES string of the molecule is Cn1cc(C(N)=O)c(NC(=O)c2ccc(F)c(Cl)c2F)n1. The number of carbonyl (C=O) groups excluding carboxylic acids is 2. The summed E-state index contributed by atoms with van der Waals surface area (Å²) in [6.45, 7) is 0. The van der Waals surface area contributed by atoms with Gasteiger partial charge in [-0.1, -0.05) is 11.6 Å². The molecule has 21 heavy (non-hydrogen) atoms. The van der Waals surface area contributed by atoms with Crippen molar-refractivity contribution in [2.45, 2.75) is 0 Å². The lowest BCUT2D eigenvalue weighted by Crippen LogP contribution is -2.18. The molecule has 9 heteroatoms. The summed E-state index contributed by atoms with van der Waals surface area (Å²) >= 11 is 5.39. The van der Waals surface area contributed by atoms with Crippen LogP contribution in [-0.2, 0) is 7.05 Å². The zero-order valence-corrected chi connectivity index (χ0v) is 11.4. The number of halogens is 3. The molecule has 0 aliphatic carbocycles. The number of rotatable bonds is 3. The summed E-state index contributed by atoms with van der Waals surface area (Å²) in [5.74, 6) is -4.06. The van der Waals surface area contributed by atoms with Crippen molar-refractivity contribution in [3.05, 3.63) is 46.1 Å². The molecule has 0 spiro atoms. The molecule has 1 aromatic heterocycles. The Kier molecular flexibility index (Phi) is 3.90. The Morgan fingerprint density at radius 1 is 1.33 bits per heavy atom. The number of nitrogens with two attached hydrogens (primary N) is 1.